The predicted octanol–water partition coefficient (Wildman–Crippen LogP) is 3.15. The fraction of sp³-hybridized carbons (Fsp3) is 0.333. The zero-order valence-corrected chi connectivity index (χ0v) is 12.9. The summed E-state index contributed by atoms with van der Waals surface area (Å²) in [6.07, 6.45) is 1.10. The Labute approximate surface area is 129 Å². The minimum atomic E-state index is -0.0551. The van der Waals surface area contributed by atoms with Gasteiger partial charge in [0.25, 0.3) is 0 Å². The van der Waals surface area contributed by atoms with Crippen molar-refractivity contribution < 1.29 is 4.79 Å². The van der Waals surface area contributed by atoms with Crippen molar-refractivity contribution in [3.8, 4) is 0 Å². The van der Waals surface area contributed by atoms with Crippen molar-refractivity contribution in [3.05, 3.63) is 40.7 Å². The lowest BCUT2D eigenvalue weighted by Gasteiger charge is -2.08. The molecule has 0 spiro atoms. The minimum Gasteiger partial charge on any atom is -0.397 e. The molecule has 1 aromatic carbocycles. The lowest BCUT2D eigenvalue weighted by molar-refractivity contribution is -0.116. The van der Waals surface area contributed by atoms with E-state index in [2.05, 4.69) is 10.4 Å². The molecule has 0 aliphatic rings. The van der Waals surface area contributed by atoms with Gasteiger partial charge in [-0.25, -0.2) is 0 Å². The number of aryl methyl sites for hydroxylation is 2. The zero-order valence-electron chi connectivity index (χ0n) is 12.2. The number of aromatic nitrogens is 2. The van der Waals surface area contributed by atoms with Gasteiger partial charge in [0, 0.05) is 13.0 Å². The largest absolute Gasteiger partial charge is 0.397 e. The first-order valence-corrected chi connectivity index (χ1v) is 7.20. The third kappa shape index (κ3) is 3.76. The molecule has 1 amide bonds. The first kappa shape index (κ1) is 15.4. The molecule has 0 saturated heterocycles. The van der Waals surface area contributed by atoms with Gasteiger partial charge in [-0.15, -0.1) is 0 Å². The molecule has 3 N–H and O–H groups in total. The highest BCUT2D eigenvalue weighted by molar-refractivity contribution is 6.31. The number of amides is 1. The summed E-state index contributed by atoms with van der Waals surface area (Å²) in [5.41, 5.74) is 8.75. The van der Waals surface area contributed by atoms with E-state index in [4.69, 9.17) is 17.3 Å². The van der Waals surface area contributed by atoms with Crippen LogP contribution in [0.1, 0.15) is 24.2 Å². The van der Waals surface area contributed by atoms with Gasteiger partial charge in [0.15, 0.2) is 0 Å². The number of hydrogen-bond donors (Lipinski definition) is 2. The topological polar surface area (TPSA) is 72.9 Å². The quantitative estimate of drug-likeness (QED) is 0.833. The van der Waals surface area contributed by atoms with Crippen LogP contribution in [0.2, 0.25) is 5.02 Å². The average molecular weight is 307 g/mol. The number of nitrogens with zero attached hydrogens (tertiary/aromatic N) is 2. The van der Waals surface area contributed by atoms with E-state index in [-0.39, 0.29) is 5.91 Å². The molecule has 6 heteroatoms. The van der Waals surface area contributed by atoms with Gasteiger partial charge in [0.2, 0.25) is 5.91 Å². The maximum absolute atomic E-state index is 11.9. The third-order valence-corrected chi connectivity index (χ3v) is 3.85. The van der Waals surface area contributed by atoms with Gasteiger partial charge in [-0.05, 0) is 32.4 Å². The van der Waals surface area contributed by atoms with E-state index in [1.165, 1.54) is 0 Å². The molecule has 2 rings (SSSR count). The molecule has 0 saturated carbocycles. The molecule has 0 aliphatic heterocycles. The van der Waals surface area contributed by atoms with E-state index >= 15 is 0 Å². The number of carbonyl (C=O) groups excluding carboxylic acids is 1. The van der Waals surface area contributed by atoms with Crippen molar-refractivity contribution in [2.75, 3.05) is 11.1 Å². The van der Waals surface area contributed by atoms with Gasteiger partial charge in [0.1, 0.15) is 0 Å². The first-order chi connectivity index (χ1) is 9.99. The Morgan fingerprint density at radius 2 is 2.10 bits per heavy atom. The Bertz CT molecular complexity index is 651. The van der Waals surface area contributed by atoms with Gasteiger partial charge in [0.05, 0.1) is 27.8 Å². The van der Waals surface area contributed by atoms with Crippen LogP contribution in [0.25, 0.3) is 0 Å². The van der Waals surface area contributed by atoms with E-state index in [1.807, 2.05) is 30.7 Å². The maximum atomic E-state index is 11.9. The lowest BCUT2D eigenvalue weighted by atomic mass is 10.2. The van der Waals surface area contributed by atoms with Gasteiger partial charge in [-0.3, -0.25) is 9.48 Å². The maximum Gasteiger partial charge on any atom is 0.224 e. The Balaban J connectivity index is 1.85. The molecular formula is C15H19ClN4O. The second kappa shape index (κ2) is 6.63. The smallest absolute Gasteiger partial charge is 0.224 e. The van der Waals surface area contributed by atoms with Crippen molar-refractivity contribution in [2.24, 2.45) is 0 Å². The summed E-state index contributed by atoms with van der Waals surface area (Å²) in [6, 6.07) is 7.21. The number of nitrogens with two attached hydrogens (primary N) is 1. The summed E-state index contributed by atoms with van der Waals surface area (Å²) in [5, 5.41) is 7.84. The van der Waals surface area contributed by atoms with Crippen molar-refractivity contribution >= 4 is 28.9 Å². The summed E-state index contributed by atoms with van der Waals surface area (Å²) in [4.78, 5) is 11.9. The number of hydrogen-bond acceptors (Lipinski definition) is 3. The number of nitrogen functional groups attached to an aromatic ring is 1. The van der Waals surface area contributed by atoms with Gasteiger partial charge in [-0.1, -0.05) is 23.7 Å². The van der Waals surface area contributed by atoms with Crippen molar-refractivity contribution in [1.82, 2.24) is 9.78 Å². The van der Waals surface area contributed by atoms with Gasteiger partial charge < -0.3 is 11.1 Å². The van der Waals surface area contributed by atoms with Crippen LogP contribution in [0, 0.1) is 13.8 Å². The average Bonchev–Trinajstić information content (AvgIpc) is 2.69. The molecule has 0 unspecified atom stereocenters. The number of benzene rings is 1. The number of halogens is 1. The van der Waals surface area contributed by atoms with E-state index in [0.717, 1.165) is 11.4 Å². The van der Waals surface area contributed by atoms with Crippen LogP contribution in [0.4, 0.5) is 11.4 Å². The lowest BCUT2D eigenvalue weighted by Crippen LogP contribution is -2.14. The second-order valence-electron chi connectivity index (χ2n) is 4.95. The zero-order chi connectivity index (χ0) is 15.4. The van der Waals surface area contributed by atoms with Crippen LogP contribution < -0.4 is 11.1 Å². The van der Waals surface area contributed by atoms with Crippen LogP contribution in [0.5, 0.6) is 0 Å². The molecule has 21 heavy (non-hydrogen) atoms. The minimum absolute atomic E-state index is 0.0551. The van der Waals surface area contributed by atoms with E-state index in [9.17, 15) is 4.79 Å². The third-order valence-electron chi connectivity index (χ3n) is 3.30. The van der Waals surface area contributed by atoms with E-state index < -0.39 is 0 Å². The molecule has 1 heterocycles. The molecule has 0 atom stereocenters. The molecule has 0 fully saturated rings. The fourth-order valence-corrected chi connectivity index (χ4v) is 2.24. The molecule has 2 aromatic rings. The standard InChI is InChI=1S/C15H19ClN4O/c1-10-15(16)11(2)20(19-10)9-5-8-14(21)18-13-7-4-3-6-12(13)17/h3-4,6-7H,5,8-9,17H2,1-2H3,(H,18,21). The fourth-order valence-electron chi connectivity index (χ4n) is 2.11. The van der Waals surface area contributed by atoms with Crippen molar-refractivity contribution in [2.45, 2.75) is 33.2 Å². The number of para-hydroxylation sites is 2. The highest BCUT2D eigenvalue weighted by Gasteiger charge is 2.10. The van der Waals surface area contributed by atoms with Crippen LogP contribution in [-0.4, -0.2) is 15.7 Å². The Hall–Kier alpha value is -2.01. The summed E-state index contributed by atoms with van der Waals surface area (Å²) in [5.74, 6) is -0.0551. The Morgan fingerprint density at radius 3 is 2.71 bits per heavy atom. The summed E-state index contributed by atoms with van der Waals surface area (Å²) >= 11 is 6.09. The number of anilines is 2. The number of rotatable bonds is 5. The van der Waals surface area contributed by atoms with Crippen molar-refractivity contribution in [1.29, 1.82) is 0 Å². The van der Waals surface area contributed by atoms with Crippen LogP contribution in [0.3, 0.4) is 0 Å². The van der Waals surface area contributed by atoms with Crippen LogP contribution in [-0.2, 0) is 11.3 Å². The second-order valence-corrected chi connectivity index (χ2v) is 5.32. The van der Waals surface area contributed by atoms with Gasteiger partial charge >= 0.3 is 0 Å². The van der Waals surface area contributed by atoms with Crippen LogP contribution >= 0.6 is 11.6 Å². The molecular weight excluding hydrogens is 288 g/mol. The molecule has 0 radical (unpaired) electrons. The van der Waals surface area contributed by atoms with E-state index in [1.54, 1.807) is 12.1 Å². The van der Waals surface area contributed by atoms with E-state index in [0.29, 0.717) is 35.8 Å². The molecule has 0 bridgehead atoms. The Morgan fingerprint density at radius 1 is 1.38 bits per heavy atom. The van der Waals surface area contributed by atoms with Gasteiger partial charge in [-0.2, -0.15) is 5.10 Å². The SMILES string of the molecule is Cc1nn(CCCC(=O)Nc2ccccc2N)c(C)c1Cl. The number of carbonyl (C=O) groups is 1. The highest BCUT2D eigenvalue weighted by Crippen LogP contribution is 2.20. The number of nitrogens with one attached hydrogen (secondary N) is 1. The normalized spacial score (nSPS) is 10.6. The molecule has 1 aromatic heterocycles. The monoisotopic (exact) mass is 306 g/mol. The highest BCUT2D eigenvalue weighted by atomic mass is 35.5. The molecule has 5 nitrogen and oxygen atoms in total. The molecule has 0 aliphatic carbocycles. The summed E-state index contributed by atoms with van der Waals surface area (Å²) in [7, 11) is 0. The summed E-state index contributed by atoms with van der Waals surface area (Å²) in [6.45, 7) is 4.46. The van der Waals surface area contributed by atoms with Crippen LogP contribution in [0.15, 0.2) is 24.3 Å². The molecule has 112 valence electrons. The van der Waals surface area contributed by atoms with Crippen molar-refractivity contribution in [3.63, 3.8) is 0 Å². The Kier molecular flexibility index (Phi) is 4.85. The first-order valence-electron chi connectivity index (χ1n) is 6.83. The summed E-state index contributed by atoms with van der Waals surface area (Å²) < 4.78 is 1.84. The predicted molar refractivity (Wildman–Crippen MR) is 85.4 cm³/mol.